The van der Waals surface area contributed by atoms with Gasteiger partial charge >= 0.3 is 26.8 Å². The Hall–Kier alpha value is -1.17. The molecule has 1 aliphatic carbocycles. The van der Waals surface area contributed by atoms with Gasteiger partial charge in [0.15, 0.2) is 0 Å². The van der Waals surface area contributed by atoms with Crippen molar-refractivity contribution in [2.75, 3.05) is 14.2 Å². The molecule has 1 atom stereocenters. The third kappa shape index (κ3) is 11.6. The fourth-order valence-corrected chi connectivity index (χ4v) is 2.34. The third-order valence-corrected chi connectivity index (χ3v) is 3.97. The van der Waals surface area contributed by atoms with Crippen LogP contribution in [0.25, 0.3) is 10.8 Å². The van der Waals surface area contributed by atoms with Crippen LogP contribution in [0.4, 0.5) is 0 Å². The van der Waals surface area contributed by atoms with Crippen LogP contribution >= 0.6 is 0 Å². The predicted octanol–water partition coefficient (Wildman–Crippen LogP) is 5.00. The summed E-state index contributed by atoms with van der Waals surface area (Å²) >= 11 is 1.81. The summed E-state index contributed by atoms with van der Waals surface area (Å²) in [7, 11) is 4.97. The molecule has 28 heavy (non-hydrogen) atoms. The maximum absolute atomic E-state index is 9.13. The number of hydrogen-bond acceptors (Lipinski definition) is 3. The zero-order chi connectivity index (χ0) is 20.7. The number of benzene rings is 2. The van der Waals surface area contributed by atoms with E-state index in [-0.39, 0.29) is 14.9 Å². The summed E-state index contributed by atoms with van der Waals surface area (Å²) in [5, 5.41) is 25.4. The summed E-state index contributed by atoms with van der Waals surface area (Å²) in [6, 6.07) is 13.3. The van der Waals surface area contributed by atoms with E-state index in [1.165, 1.54) is 16.7 Å². The molecule has 5 heteroatoms. The Labute approximate surface area is 186 Å². The summed E-state index contributed by atoms with van der Waals surface area (Å²) in [4.78, 5) is 0. The van der Waals surface area contributed by atoms with Gasteiger partial charge in [-0.3, -0.25) is 6.08 Å². The molecule has 3 nitrogen and oxygen atoms in total. The standard InChI is InChI=1S/C10H8O.C9H13.2CH4O.2CH3.Si.Ti/c11-10-6-5-8-3-1-2-4-9(8)7-10;1-6-5-7(2)9(4)8(6)3;2*1-2;;;;/h1-7,11H;6H,1-4H3;2*2H,1H3;2*1H3;;/q;-1;;;2*-1;;. The molecule has 0 saturated heterocycles. The minimum absolute atomic E-state index is 0. The molecule has 0 fully saturated rings. The minimum atomic E-state index is 0. The van der Waals surface area contributed by atoms with E-state index in [0.29, 0.717) is 11.7 Å². The predicted molar refractivity (Wildman–Crippen MR) is 120 cm³/mol. The Kier molecular flexibility index (Phi) is 25.2. The number of rotatable bonds is 0. The van der Waals surface area contributed by atoms with E-state index in [9.17, 15) is 0 Å². The van der Waals surface area contributed by atoms with Crippen LogP contribution in [0.3, 0.4) is 0 Å². The van der Waals surface area contributed by atoms with Crippen molar-refractivity contribution in [3.63, 3.8) is 0 Å². The van der Waals surface area contributed by atoms with Crippen LogP contribution in [0.2, 0.25) is 0 Å². The van der Waals surface area contributed by atoms with Crippen molar-refractivity contribution in [2.45, 2.75) is 27.7 Å². The molecular formula is C23H35O3SiTi-3. The van der Waals surface area contributed by atoms with Crippen LogP contribution in [0, 0.1) is 26.8 Å². The number of aliphatic hydroxyl groups is 2. The molecule has 3 N–H and O–H groups in total. The molecule has 3 rings (SSSR count). The van der Waals surface area contributed by atoms with Crippen molar-refractivity contribution in [3.8, 4) is 5.75 Å². The van der Waals surface area contributed by atoms with E-state index >= 15 is 0 Å². The van der Waals surface area contributed by atoms with Gasteiger partial charge in [0.05, 0.1) is 0 Å². The first-order valence-electron chi connectivity index (χ1n) is 8.09. The van der Waals surface area contributed by atoms with Gasteiger partial charge in [-0.1, -0.05) is 57.0 Å². The van der Waals surface area contributed by atoms with Crippen LogP contribution in [-0.4, -0.2) is 37.2 Å². The van der Waals surface area contributed by atoms with E-state index < -0.39 is 0 Å². The summed E-state index contributed by atoms with van der Waals surface area (Å²) < 4.78 is 0. The van der Waals surface area contributed by atoms with Gasteiger partial charge in [0.2, 0.25) is 0 Å². The molecule has 0 amide bonds. The molecule has 0 aliphatic heterocycles. The van der Waals surface area contributed by atoms with Crippen molar-refractivity contribution in [1.29, 1.82) is 0 Å². The zero-order valence-electron chi connectivity index (χ0n) is 18.5. The number of phenols is 1. The van der Waals surface area contributed by atoms with Crippen LogP contribution in [0.5, 0.6) is 5.75 Å². The van der Waals surface area contributed by atoms with Crippen LogP contribution in [0.1, 0.15) is 27.7 Å². The van der Waals surface area contributed by atoms with Crippen molar-refractivity contribution >= 4 is 18.4 Å². The Morgan fingerprint density at radius 2 is 1.32 bits per heavy atom. The molecule has 0 bridgehead atoms. The van der Waals surface area contributed by atoms with E-state index in [1.54, 1.807) is 31.3 Å². The first-order chi connectivity index (χ1) is 12.5. The molecule has 0 spiro atoms. The molecule has 156 valence electrons. The molecule has 0 aromatic heterocycles. The van der Waals surface area contributed by atoms with Crippen molar-refractivity contribution in [3.05, 3.63) is 80.1 Å². The number of hydrogen-bond donors (Lipinski definition) is 3. The van der Waals surface area contributed by atoms with Gasteiger partial charge in [-0.25, -0.2) is 5.57 Å². The summed E-state index contributed by atoms with van der Waals surface area (Å²) in [6.07, 6.45) is 3.36. The number of fused-ring (bicyclic) bond motifs is 1. The second-order valence-electron chi connectivity index (χ2n) is 5.33. The Bertz CT molecular complexity index is 712. The number of aliphatic hydroxyl groups excluding tert-OH is 2. The van der Waals surface area contributed by atoms with Crippen LogP contribution in [-0.2, 0) is 19.2 Å². The SMILES string of the molecule is CC1=[C-]C(C)C(C)=C1C.CO.CO.Oc1ccc2ccccc2c1.[CH3-].[CH3-].[Si]=[Ti]. The molecule has 0 saturated carbocycles. The van der Waals surface area contributed by atoms with Crippen molar-refractivity contribution in [1.82, 2.24) is 0 Å². The van der Waals surface area contributed by atoms with Gasteiger partial charge < -0.3 is 30.2 Å². The molecule has 0 heterocycles. The molecule has 2 aromatic rings. The van der Waals surface area contributed by atoms with E-state index in [2.05, 4.69) is 41.4 Å². The third-order valence-electron chi connectivity index (χ3n) is 3.97. The van der Waals surface area contributed by atoms with Crippen LogP contribution in [0.15, 0.2) is 59.2 Å². The topological polar surface area (TPSA) is 60.7 Å². The molecule has 1 unspecified atom stereocenters. The molecule has 1 aliphatic rings. The van der Waals surface area contributed by atoms with Crippen molar-refractivity contribution in [2.24, 2.45) is 5.92 Å². The van der Waals surface area contributed by atoms with Gasteiger partial charge in [-0.2, -0.15) is 11.1 Å². The molecule has 2 radical (unpaired) electrons. The first-order valence-corrected chi connectivity index (χ1v) is 10.9. The Morgan fingerprint density at radius 3 is 1.68 bits per heavy atom. The summed E-state index contributed by atoms with van der Waals surface area (Å²) in [6.45, 7) is 8.67. The van der Waals surface area contributed by atoms with E-state index in [4.69, 9.17) is 15.3 Å². The second-order valence-corrected chi connectivity index (χ2v) is 5.33. The molecule has 2 aromatic carbocycles. The Balaban J connectivity index is -0.000000155. The Morgan fingerprint density at radius 1 is 0.857 bits per heavy atom. The maximum atomic E-state index is 9.13. The number of aromatic hydroxyl groups is 1. The van der Waals surface area contributed by atoms with Gasteiger partial charge in [0.25, 0.3) is 0 Å². The summed E-state index contributed by atoms with van der Waals surface area (Å²) in [5.41, 5.74) is 4.25. The monoisotopic (exact) mass is 435 g/mol. The van der Waals surface area contributed by atoms with Crippen LogP contribution < -0.4 is 0 Å². The van der Waals surface area contributed by atoms with Gasteiger partial charge in [-0.15, -0.1) is 6.92 Å². The normalized spacial score (nSPS) is 13.2. The van der Waals surface area contributed by atoms with Gasteiger partial charge in [0, 0.05) is 14.2 Å². The van der Waals surface area contributed by atoms with Gasteiger partial charge in [-0.05, 0) is 22.9 Å². The quantitative estimate of drug-likeness (QED) is 0.403. The first kappa shape index (κ1) is 34.3. The van der Waals surface area contributed by atoms with E-state index in [1.807, 2.05) is 30.3 Å². The second kappa shape index (κ2) is 20.6. The number of phenolic OH excluding ortho intramolecular Hbond substituents is 1. The average Bonchev–Trinajstić information content (AvgIpc) is 2.92. The fraction of sp³-hybridized carbons (Fsp3) is 0.304. The number of allylic oxidation sites excluding steroid dienone is 4. The van der Waals surface area contributed by atoms with Crippen molar-refractivity contribution < 1.29 is 34.5 Å². The average molecular weight is 435 g/mol. The zero-order valence-corrected chi connectivity index (χ0v) is 21.0. The molecular weight excluding hydrogens is 400 g/mol. The van der Waals surface area contributed by atoms with Gasteiger partial charge in [0.1, 0.15) is 5.75 Å². The summed E-state index contributed by atoms with van der Waals surface area (Å²) in [5.74, 6) is 0.883. The fourth-order valence-electron chi connectivity index (χ4n) is 2.34. The van der Waals surface area contributed by atoms with E-state index in [0.717, 1.165) is 25.0 Å².